The summed E-state index contributed by atoms with van der Waals surface area (Å²) in [7, 11) is 0. The van der Waals surface area contributed by atoms with E-state index in [9.17, 15) is 4.79 Å². The molecule has 4 nitrogen and oxygen atoms in total. The van der Waals surface area contributed by atoms with E-state index in [0.717, 1.165) is 11.3 Å². The van der Waals surface area contributed by atoms with Gasteiger partial charge in [0.1, 0.15) is 5.69 Å². The monoisotopic (exact) mass is 194 g/mol. The summed E-state index contributed by atoms with van der Waals surface area (Å²) in [5.41, 5.74) is 3.50. The summed E-state index contributed by atoms with van der Waals surface area (Å²) in [5, 5.41) is 10.5. The fraction of sp³-hybridized carbons (Fsp3) is 0. The van der Waals surface area contributed by atoms with Gasteiger partial charge in [-0.05, 0) is 6.07 Å². The first kappa shape index (κ1) is 8.00. The molecule has 0 atom stereocenters. The molecule has 0 saturated heterocycles. The van der Waals surface area contributed by atoms with Crippen molar-refractivity contribution in [1.29, 1.82) is 0 Å². The molecule has 5 heteroatoms. The third kappa shape index (κ3) is 1.46. The molecule has 0 bridgehead atoms. The number of aromatic carboxylic acids is 1. The number of aromatic amines is 1. The Morgan fingerprint density at radius 3 is 3.00 bits per heavy atom. The maximum Gasteiger partial charge on any atom is 0.352 e. The van der Waals surface area contributed by atoms with Gasteiger partial charge in [-0.1, -0.05) is 0 Å². The highest BCUT2D eigenvalue weighted by Crippen LogP contribution is 2.19. The number of carboxylic acids is 1. The average molecular weight is 194 g/mol. The molecule has 2 aromatic rings. The zero-order chi connectivity index (χ0) is 9.26. The lowest BCUT2D eigenvalue weighted by Crippen LogP contribution is -1.94. The Morgan fingerprint density at radius 1 is 1.62 bits per heavy atom. The summed E-state index contributed by atoms with van der Waals surface area (Å²) in [5.74, 6) is -0.957. The number of carboxylic acid groups (broad SMARTS) is 1. The SMILES string of the molecule is O=C(O)c1cc(-c2cscn2)c[nH]1. The van der Waals surface area contributed by atoms with Crippen LogP contribution in [0.2, 0.25) is 0 Å². The summed E-state index contributed by atoms with van der Waals surface area (Å²) in [6.07, 6.45) is 1.64. The maximum atomic E-state index is 10.5. The van der Waals surface area contributed by atoms with E-state index in [1.165, 1.54) is 11.3 Å². The fourth-order valence-electron chi connectivity index (χ4n) is 1.02. The molecule has 2 rings (SSSR count). The molecule has 2 aromatic heterocycles. The molecule has 0 amide bonds. The van der Waals surface area contributed by atoms with E-state index >= 15 is 0 Å². The lowest BCUT2D eigenvalue weighted by atomic mass is 10.2. The number of thiazole rings is 1. The molecular weight excluding hydrogens is 188 g/mol. The Kier molecular flexibility index (Phi) is 1.86. The van der Waals surface area contributed by atoms with Gasteiger partial charge in [-0.25, -0.2) is 9.78 Å². The molecule has 0 fully saturated rings. The number of hydrogen-bond acceptors (Lipinski definition) is 3. The van der Waals surface area contributed by atoms with Crippen molar-refractivity contribution in [3.63, 3.8) is 0 Å². The topological polar surface area (TPSA) is 66.0 Å². The largest absolute Gasteiger partial charge is 0.477 e. The lowest BCUT2D eigenvalue weighted by Gasteiger charge is -1.85. The predicted molar refractivity (Wildman–Crippen MR) is 48.9 cm³/mol. The van der Waals surface area contributed by atoms with Crippen LogP contribution in [0.15, 0.2) is 23.2 Å². The minimum absolute atomic E-state index is 0.183. The number of aromatic nitrogens is 2. The quantitative estimate of drug-likeness (QED) is 0.766. The minimum atomic E-state index is -0.957. The van der Waals surface area contributed by atoms with Crippen molar-refractivity contribution in [3.05, 3.63) is 28.8 Å². The first-order chi connectivity index (χ1) is 6.27. The number of hydrogen-bond donors (Lipinski definition) is 2. The summed E-state index contributed by atoms with van der Waals surface area (Å²) < 4.78 is 0. The van der Waals surface area contributed by atoms with Gasteiger partial charge >= 0.3 is 5.97 Å². The smallest absolute Gasteiger partial charge is 0.352 e. The normalized spacial score (nSPS) is 10.2. The molecule has 0 saturated carbocycles. The standard InChI is InChI=1S/C8H6N2O2S/c11-8(12)6-1-5(2-9-6)7-3-13-4-10-7/h1-4,9H,(H,11,12). The van der Waals surface area contributed by atoms with Crippen LogP contribution in [0.3, 0.4) is 0 Å². The van der Waals surface area contributed by atoms with Gasteiger partial charge in [-0.15, -0.1) is 11.3 Å². The predicted octanol–water partition coefficient (Wildman–Crippen LogP) is 1.84. The second kappa shape index (κ2) is 3.02. The van der Waals surface area contributed by atoms with E-state index in [-0.39, 0.29) is 5.69 Å². The number of carbonyl (C=O) groups is 1. The highest BCUT2D eigenvalue weighted by Gasteiger charge is 2.07. The third-order valence-corrected chi connectivity index (χ3v) is 2.23. The van der Waals surface area contributed by atoms with Gasteiger partial charge in [0, 0.05) is 17.1 Å². The molecule has 0 spiro atoms. The number of nitrogens with zero attached hydrogens (tertiary/aromatic N) is 1. The summed E-state index contributed by atoms with van der Waals surface area (Å²) in [4.78, 5) is 17.3. The number of rotatable bonds is 2. The van der Waals surface area contributed by atoms with Gasteiger partial charge in [0.2, 0.25) is 0 Å². The van der Waals surface area contributed by atoms with Gasteiger partial charge in [0.25, 0.3) is 0 Å². The van der Waals surface area contributed by atoms with Crippen LogP contribution in [0, 0.1) is 0 Å². The van der Waals surface area contributed by atoms with Crippen LogP contribution in [0.25, 0.3) is 11.3 Å². The highest BCUT2D eigenvalue weighted by atomic mass is 32.1. The van der Waals surface area contributed by atoms with E-state index in [4.69, 9.17) is 5.11 Å². The van der Waals surface area contributed by atoms with E-state index < -0.39 is 5.97 Å². The first-order valence-corrected chi connectivity index (χ1v) is 4.52. The van der Waals surface area contributed by atoms with Crippen molar-refractivity contribution in [2.24, 2.45) is 0 Å². The van der Waals surface area contributed by atoms with Gasteiger partial charge in [0.15, 0.2) is 0 Å². The molecule has 0 radical (unpaired) electrons. The molecule has 2 heterocycles. The zero-order valence-corrected chi connectivity index (χ0v) is 7.34. The van der Waals surface area contributed by atoms with Crippen LogP contribution in [-0.4, -0.2) is 21.0 Å². The molecule has 0 aliphatic heterocycles. The first-order valence-electron chi connectivity index (χ1n) is 3.57. The zero-order valence-electron chi connectivity index (χ0n) is 6.52. The van der Waals surface area contributed by atoms with Gasteiger partial charge in [-0.3, -0.25) is 0 Å². The number of H-pyrrole nitrogens is 1. The molecule has 66 valence electrons. The van der Waals surface area contributed by atoms with E-state index in [0.29, 0.717) is 0 Å². The van der Waals surface area contributed by atoms with Crippen LogP contribution in [-0.2, 0) is 0 Å². The van der Waals surface area contributed by atoms with Gasteiger partial charge in [-0.2, -0.15) is 0 Å². The van der Waals surface area contributed by atoms with Gasteiger partial charge in [0.05, 0.1) is 11.2 Å². The highest BCUT2D eigenvalue weighted by molar-refractivity contribution is 7.07. The Bertz CT molecular complexity index is 419. The van der Waals surface area contributed by atoms with Crippen LogP contribution >= 0.6 is 11.3 Å². The summed E-state index contributed by atoms with van der Waals surface area (Å²) in [6.45, 7) is 0. The van der Waals surface area contributed by atoms with E-state index in [1.54, 1.807) is 17.8 Å². The maximum absolute atomic E-state index is 10.5. The second-order valence-corrected chi connectivity index (χ2v) is 3.20. The molecule has 0 aromatic carbocycles. The van der Waals surface area contributed by atoms with Crippen LogP contribution < -0.4 is 0 Å². The van der Waals surface area contributed by atoms with E-state index in [1.807, 2.05) is 5.38 Å². The van der Waals surface area contributed by atoms with Crippen molar-refractivity contribution >= 4 is 17.3 Å². The Balaban J connectivity index is 2.39. The Labute approximate surface area is 77.9 Å². The molecule has 2 N–H and O–H groups in total. The van der Waals surface area contributed by atoms with Crippen LogP contribution in [0.5, 0.6) is 0 Å². The van der Waals surface area contributed by atoms with Crippen molar-refractivity contribution < 1.29 is 9.90 Å². The molecule has 0 unspecified atom stereocenters. The van der Waals surface area contributed by atoms with Crippen LogP contribution in [0.1, 0.15) is 10.5 Å². The lowest BCUT2D eigenvalue weighted by molar-refractivity contribution is 0.0691. The average Bonchev–Trinajstić information content (AvgIpc) is 2.75. The van der Waals surface area contributed by atoms with Crippen molar-refractivity contribution in [3.8, 4) is 11.3 Å². The molecule has 0 aliphatic rings. The van der Waals surface area contributed by atoms with Crippen molar-refractivity contribution in [1.82, 2.24) is 9.97 Å². The molecule has 0 aliphatic carbocycles. The van der Waals surface area contributed by atoms with Gasteiger partial charge < -0.3 is 10.1 Å². The summed E-state index contributed by atoms with van der Waals surface area (Å²) in [6, 6.07) is 1.57. The van der Waals surface area contributed by atoms with Crippen LogP contribution in [0.4, 0.5) is 0 Å². The Hall–Kier alpha value is -1.62. The second-order valence-electron chi connectivity index (χ2n) is 2.48. The third-order valence-electron chi connectivity index (χ3n) is 1.64. The fourth-order valence-corrected chi connectivity index (χ4v) is 1.58. The minimum Gasteiger partial charge on any atom is -0.477 e. The van der Waals surface area contributed by atoms with Crippen molar-refractivity contribution in [2.45, 2.75) is 0 Å². The molecule has 13 heavy (non-hydrogen) atoms. The summed E-state index contributed by atoms with van der Waals surface area (Å²) >= 11 is 1.48. The number of nitrogens with one attached hydrogen (secondary N) is 1. The molecular formula is C8H6N2O2S. The van der Waals surface area contributed by atoms with Crippen molar-refractivity contribution in [2.75, 3.05) is 0 Å². The Morgan fingerprint density at radius 2 is 2.46 bits per heavy atom. The van der Waals surface area contributed by atoms with E-state index in [2.05, 4.69) is 9.97 Å².